The fourth-order valence-corrected chi connectivity index (χ4v) is 1.80. The number of benzene rings is 1. The van der Waals surface area contributed by atoms with Crippen molar-refractivity contribution >= 4 is 0 Å². The van der Waals surface area contributed by atoms with Crippen molar-refractivity contribution in [2.24, 2.45) is 0 Å². The molecule has 17 heavy (non-hydrogen) atoms. The van der Waals surface area contributed by atoms with E-state index in [2.05, 4.69) is 0 Å². The summed E-state index contributed by atoms with van der Waals surface area (Å²) in [6.45, 7) is 2.22. The van der Waals surface area contributed by atoms with E-state index in [9.17, 15) is 4.79 Å². The summed E-state index contributed by atoms with van der Waals surface area (Å²) < 4.78 is 1.66. The maximum absolute atomic E-state index is 12.0. The number of aromatic nitrogens is 1. The van der Waals surface area contributed by atoms with E-state index in [0.717, 1.165) is 5.56 Å². The van der Waals surface area contributed by atoms with Gasteiger partial charge in [-0.05, 0) is 24.1 Å². The predicted octanol–water partition coefficient (Wildman–Crippen LogP) is 1.70. The molecule has 1 N–H and O–H groups in total. The molecule has 0 saturated heterocycles. The molecule has 0 radical (unpaired) electrons. The largest absolute Gasteiger partial charge is 0.392 e. The van der Waals surface area contributed by atoms with Crippen LogP contribution in [0, 0.1) is 6.92 Å². The van der Waals surface area contributed by atoms with Crippen LogP contribution in [0.4, 0.5) is 0 Å². The summed E-state index contributed by atoms with van der Waals surface area (Å²) in [4.78, 5) is 12.0. The van der Waals surface area contributed by atoms with Gasteiger partial charge in [0.25, 0.3) is 5.56 Å². The van der Waals surface area contributed by atoms with Gasteiger partial charge in [0.2, 0.25) is 0 Å². The molecule has 1 aromatic carbocycles. The Hall–Kier alpha value is -1.87. The molecule has 0 aliphatic rings. The number of pyridine rings is 1. The Bertz CT molecular complexity index is 558. The Labute approximate surface area is 100.0 Å². The molecule has 0 aliphatic carbocycles. The van der Waals surface area contributed by atoms with Crippen LogP contribution in [0.2, 0.25) is 0 Å². The average molecular weight is 229 g/mol. The van der Waals surface area contributed by atoms with Crippen molar-refractivity contribution in [3.8, 4) is 0 Å². The molecule has 1 aromatic heterocycles. The van der Waals surface area contributed by atoms with E-state index < -0.39 is 0 Å². The van der Waals surface area contributed by atoms with Crippen molar-refractivity contribution in [1.82, 2.24) is 4.57 Å². The number of aliphatic hydroxyl groups is 1. The maximum Gasteiger partial charge on any atom is 0.254 e. The molecule has 0 atom stereocenters. The molecule has 3 heteroatoms. The van der Waals surface area contributed by atoms with Gasteiger partial charge in [-0.25, -0.2) is 0 Å². The van der Waals surface area contributed by atoms with Crippen LogP contribution >= 0.6 is 0 Å². The highest BCUT2D eigenvalue weighted by atomic mass is 16.3. The normalized spacial score (nSPS) is 10.5. The molecule has 1 heterocycles. The van der Waals surface area contributed by atoms with Gasteiger partial charge in [-0.2, -0.15) is 0 Å². The van der Waals surface area contributed by atoms with Gasteiger partial charge in [0.1, 0.15) is 0 Å². The number of nitrogens with zero attached hydrogens (tertiary/aromatic N) is 1. The van der Waals surface area contributed by atoms with Crippen molar-refractivity contribution in [2.75, 3.05) is 0 Å². The Balaban J connectivity index is 2.35. The Kier molecular flexibility index (Phi) is 3.40. The lowest BCUT2D eigenvalue weighted by molar-refractivity contribution is 0.280. The van der Waals surface area contributed by atoms with Crippen LogP contribution in [0.15, 0.2) is 47.4 Å². The molecule has 0 fully saturated rings. The minimum absolute atomic E-state index is 0.0413. The Morgan fingerprint density at radius 2 is 1.88 bits per heavy atom. The SMILES string of the molecule is Cc1c(CO)ccn(Cc2ccccc2)c1=O. The van der Waals surface area contributed by atoms with Crippen LogP contribution in [0.1, 0.15) is 16.7 Å². The summed E-state index contributed by atoms with van der Waals surface area (Å²) in [5, 5.41) is 9.08. The zero-order chi connectivity index (χ0) is 12.3. The molecule has 2 rings (SSSR count). The standard InChI is InChI=1S/C14H15NO2/c1-11-13(10-16)7-8-15(14(11)17)9-12-5-3-2-4-6-12/h2-8,16H,9-10H2,1H3. The van der Waals surface area contributed by atoms with E-state index in [1.807, 2.05) is 30.3 Å². The van der Waals surface area contributed by atoms with Gasteiger partial charge in [-0.15, -0.1) is 0 Å². The third-order valence-corrected chi connectivity index (χ3v) is 2.89. The predicted molar refractivity (Wildman–Crippen MR) is 66.9 cm³/mol. The first-order valence-electron chi connectivity index (χ1n) is 5.56. The molecular weight excluding hydrogens is 214 g/mol. The van der Waals surface area contributed by atoms with Gasteiger partial charge in [0.05, 0.1) is 13.2 Å². The number of hydrogen-bond acceptors (Lipinski definition) is 2. The maximum atomic E-state index is 12.0. The monoisotopic (exact) mass is 229 g/mol. The second kappa shape index (κ2) is 4.97. The smallest absolute Gasteiger partial charge is 0.254 e. The summed E-state index contributed by atoms with van der Waals surface area (Å²) in [6, 6.07) is 11.6. The second-order valence-electron chi connectivity index (χ2n) is 4.04. The number of aliphatic hydroxyl groups excluding tert-OH is 1. The fourth-order valence-electron chi connectivity index (χ4n) is 1.80. The lowest BCUT2D eigenvalue weighted by atomic mass is 10.1. The summed E-state index contributed by atoms with van der Waals surface area (Å²) in [5.74, 6) is 0. The number of hydrogen-bond donors (Lipinski definition) is 1. The minimum Gasteiger partial charge on any atom is -0.392 e. The third kappa shape index (κ3) is 2.45. The van der Waals surface area contributed by atoms with Crippen LogP contribution in [-0.4, -0.2) is 9.67 Å². The van der Waals surface area contributed by atoms with E-state index >= 15 is 0 Å². The highest BCUT2D eigenvalue weighted by molar-refractivity contribution is 5.23. The third-order valence-electron chi connectivity index (χ3n) is 2.89. The quantitative estimate of drug-likeness (QED) is 0.870. The van der Waals surface area contributed by atoms with Crippen molar-refractivity contribution in [1.29, 1.82) is 0 Å². The summed E-state index contributed by atoms with van der Waals surface area (Å²) >= 11 is 0. The zero-order valence-corrected chi connectivity index (χ0v) is 9.76. The van der Waals surface area contributed by atoms with Gasteiger partial charge >= 0.3 is 0 Å². The molecule has 0 unspecified atom stereocenters. The van der Waals surface area contributed by atoms with E-state index in [4.69, 9.17) is 5.11 Å². The minimum atomic E-state index is -0.0900. The molecule has 0 bridgehead atoms. The molecule has 0 spiro atoms. The average Bonchev–Trinajstić information content (AvgIpc) is 2.37. The van der Waals surface area contributed by atoms with Crippen LogP contribution in [0.3, 0.4) is 0 Å². The zero-order valence-electron chi connectivity index (χ0n) is 9.76. The van der Waals surface area contributed by atoms with Gasteiger partial charge in [-0.3, -0.25) is 4.79 Å². The highest BCUT2D eigenvalue weighted by Crippen LogP contribution is 2.05. The molecule has 0 saturated carbocycles. The summed E-state index contributed by atoms with van der Waals surface area (Å²) in [7, 11) is 0. The summed E-state index contributed by atoms with van der Waals surface area (Å²) in [5.41, 5.74) is 2.36. The van der Waals surface area contributed by atoms with Crippen LogP contribution in [0.5, 0.6) is 0 Å². The van der Waals surface area contributed by atoms with Gasteiger partial charge < -0.3 is 9.67 Å². The van der Waals surface area contributed by atoms with E-state index in [0.29, 0.717) is 17.7 Å². The first-order valence-corrected chi connectivity index (χ1v) is 5.56. The molecule has 88 valence electrons. The van der Waals surface area contributed by atoms with E-state index in [-0.39, 0.29) is 12.2 Å². The highest BCUT2D eigenvalue weighted by Gasteiger charge is 2.05. The van der Waals surface area contributed by atoms with Crippen molar-refractivity contribution < 1.29 is 5.11 Å². The van der Waals surface area contributed by atoms with Crippen LogP contribution < -0.4 is 5.56 Å². The van der Waals surface area contributed by atoms with Gasteiger partial charge in [-0.1, -0.05) is 30.3 Å². The fraction of sp³-hybridized carbons (Fsp3) is 0.214. The molecular formula is C14H15NO2. The van der Waals surface area contributed by atoms with Crippen molar-refractivity contribution in [3.05, 3.63) is 69.6 Å². The molecule has 0 aliphatic heterocycles. The number of rotatable bonds is 3. The summed E-state index contributed by atoms with van der Waals surface area (Å²) in [6.07, 6.45) is 1.73. The topological polar surface area (TPSA) is 42.2 Å². The first-order chi connectivity index (χ1) is 8.22. The van der Waals surface area contributed by atoms with E-state index in [1.165, 1.54) is 0 Å². The molecule has 0 amide bonds. The molecule has 2 aromatic rings. The first kappa shape index (κ1) is 11.6. The lowest BCUT2D eigenvalue weighted by Crippen LogP contribution is -2.23. The molecule has 3 nitrogen and oxygen atoms in total. The Morgan fingerprint density at radius 3 is 2.53 bits per heavy atom. The van der Waals surface area contributed by atoms with Crippen LogP contribution in [0.25, 0.3) is 0 Å². The van der Waals surface area contributed by atoms with Gasteiger partial charge in [0, 0.05) is 11.8 Å². The van der Waals surface area contributed by atoms with Crippen molar-refractivity contribution in [3.63, 3.8) is 0 Å². The second-order valence-corrected chi connectivity index (χ2v) is 4.04. The Morgan fingerprint density at radius 1 is 1.18 bits per heavy atom. The van der Waals surface area contributed by atoms with E-state index in [1.54, 1.807) is 23.8 Å². The lowest BCUT2D eigenvalue weighted by Gasteiger charge is -2.09. The van der Waals surface area contributed by atoms with Crippen molar-refractivity contribution in [2.45, 2.75) is 20.1 Å². The van der Waals surface area contributed by atoms with Crippen LogP contribution in [-0.2, 0) is 13.2 Å². The van der Waals surface area contributed by atoms with Gasteiger partial charge in [0.15, 0.2) is 0 Å².